The number of carbonyl (C=O) groups excluding carboxylic acids is 2. The van der Waals surface area contributed by atoms with Gasteiger partial charge >= 0.3 is 5.97 Å². The molecule has 1 rings (SSSR count). The number of rotatable bonds is 9. The lowest BCUT2D eigenvalue weighted by Crippen LogP contribution is -2.10. The molecule has 1 amide bonds. The van der Waals surface area contributed by atoms with Crippen molar-refractivity contribution >= 4 is 29.2 Å². The van der Waals surface area contributed by atoms with Gasteiger partial charge in [0.1, 0.15) is 0 Å². The van der Waals surface area contributed by atoms with E-state index in [4.69, 9.17) is 11.6 Å². The lowest BCUT2D eigenvalue weighted by molar-refractivity contribution is -0.140. The van der Waals surface area contributed by atoms with E-state index < -0.39 is 0 Å². The van der Waals surface area contributed by atoms with E-state index in [-0.39, 0.29) is 11.9 Å². The van der Waals surface area contributed by atoms with Crippen molar-refractivity contribution in [1.29, 1.82) is 0 Å². The Morgan fingerprint density at radius 3 is 2.19 bits per heavy atom. The lowest BCUT2D eigenvalue weighted by atomic mass is 10.1. The average Bonchev–Trinajstić information content (AvgIpc) is 2.48. The third-order valence-electron chi connectivity index (χ3n) is 3.14. The fourth-order valence-corrected chi connectivity index (χ4v) is 2.07. The van der Waals surface area contributed by atoms with Crippen molar-refractivity contribution in [2.45, 2.75) is 44.9 Å². The van der Waals surface area contributed by atoms with E-state index in [0.717, 1.165) is 37.8 Å². The summed E-state index contributed by atoms with van der Waals surface area (Å²) in [4.78, 5) is 22.6. The molecule has 4 nitrogen and oxygen atoms in total. The lowest BCUT2D eigenvalue weighted by Gasteiger charge is -2.05. The molecule has 1 N–H and O–H groups in total. The number of esters is 1. The van der Waals surface area contributed by atoms with E-state index in [9.17, 15) is 9.59 Å². The maximum atomic E-state index is 11.7. The highest BCUT2D eigenvalue weighted by molar-refractivity contribution is 6.30. The molecule has 0 heterocycles. The molecule has 0 aliphatic carbocycles. The molecule has 0 saturated carbocycles. The minimum atomic E-state index is -0.155. The summed E-state index contributed by atoms with van der Waals surface area (Å²) in [5.74, 6) is -0.135. The molecule has 0 spiro atoms. The van der Waals surface area contributed by atoms with Gasteiger partial charge < -0.3 is 10.1 Å². The molecule has 0 aromatic heterocycles. The van der Waals surface area contributed by atoms with Crippen molar-refractivity contribution in [2.75, 3.05) is 12.4 Å². The second-order valence-corrected chi connectivity index (χ2v) is 5.34. The van der Waals surface area contributed by atoms with Crippen LogP contribution in [0.1, 0.15) is 44.9 Å². The fraction of sp³-hybridized carbons (Fsp3) is 0.500. The van der Waals surface area contributed by atoms with E-state index >= 15 is 0 Å². The van der Waals surface area contributed by atoms with Crippen molar-refractivity contribution in [2.24, 2.45) is 0 Å². The van der Waals surface area contributed by atoms with Crippen molar-refractivity contribution < 1.29 is 14.3 Å². The van der Waals surface area contributed by atoms with Crippen LogP contribution in [0.3, 0.4) is 0 Å². The highest BCUT2D eigenvalue weighted by Crippen LogP contribution is 2.14. The number of unbranched alkanes of at least 4 members (excludes halogenated alkanes) is 4. The van der Waals surface area contributed by atoms with Gasteiger partial charge in [-0.25, -0.2) is 0 Å². The molecule has 0 fully saturated rings. The second-order valence-electron chi connectivity index (χ2n) is 4.90. The highest BCUT2D eigenvalue weighted by atomic mass is 35.5. The standard InChI is InChI=1S/C16H22ClNO3/c1-21-16(20)8-6-4-2-3-5-7-15(19)18-14-11-9-13(17)10-12-14/h9-12H,2-8H2,1H3,(H,18,19). The predicted octanol–water partition coefficient (Wildman–Crippen LogP) is 4.18. The van der Waals surface area contributed by atoms with Crippen LogP contribution in [0.2, 0.25) is 5.02 Å². The van der Waals surface area contributed by atoms with Crippen LogP contribution in [0, 0.1) is 0 Å². The van der Waals surface area contributed by atoms with E-state index in [0.29, 0.717) is 17.9 Å². The number of benzene rings is 1. The molecule has 116 valence electrons. The van der Waals surface area contributed by atoms with Crippen molar-refractivity contribution in [1.82, 2.24) is 0 Å². The van der Waals surface area contributed by atoms with Gasteiger partial charge in [0.15, 0.2) is 0 Å². The summed E-state index contributed by atoms with van der Waals surface area (Å²) in [6, 6.07) is 7.07. The number of nitrogens with one attached hydrogen (secondary N) is 1. The first-order chi connectivity index (χ1) is 10.1. The first-order valence-corrected chi connectivity index (χ1v) is 7.62. The second kappa shape index (κ2) is 10.2. The molecule has 0 atom stereocenters. The van der Waals surface area contributed by atoms with Crippen LogP contribution >= 0.6 is 11.6 Å². The molecule has 21 heavy (non-hydrogen) atoms. The zero-order valence-corrected chi connectivity index (χ0v) is 13.1. The van der Waals surface area contributed by atoms with Gasteiger partial charge in [-0.2, -0.15) is 0 Å². The Hall–Kier alpha value is -1.55. The smallest absolute Gasteiger partial charge is 0.305 e. The first kappa shape index (κ1) is 17.5. The molecule has 0 saturated heterocycles. The highest BCUT2D eigenvalue weighted by Gasteiger charge is 2.03. The molecule has 0 radical (unpaired) electrons. The Morgan fingerprint density at radius 2 is 1.57 bits per heavy atom. The number of methoxy groups -OCH3 is 1. The topological polar surface area (TPSA) is 55.4 Å². The molecular weight excluding hydrogens is 290 g/mol. The number of hydrogen-bond acceptors (Lipinski definition) is 3. The van der Waals surface area contributed by atoms with Gasteiger partial charge in [0.05, 0.1) is 7.11 Å². The first-order valence-electron chi connectivity index (χ1n) is 7.24. The minimum absolute atomic E-state index is 0.0203. The quantitative estimate of drug-likeness (QED) is 0.550. The minimum Gasteiger partial charge on any atom is -0.469 e. The molecular formula is C16H22ClNO3. The third kappa shape index (κ3) is 8.35. The van der Waals surface area contributed by atoms with Crippen LogP contribution in [0.5, 0.6) is 0 Å². The number of ether oxygens (including phenoxy) is 1. The molecule has 0 aliphatic rings. The van der Waals surface area contributed by atoms with Crippen molar-refractivity contribution in [3.05, 3.63) is 29.3 Å². The number of halogens is 1. The Labute approximate surface area is 130 Å². The molecule has 0 unspecified atom stereocenters. The average molecular weight is 312 g/mol. The molecule has 5 heteroatoms. The zero-order valence-electron chi connectivity index (χ0n) is 12.4. The summed E-state index contributed by atoms with van der Waals surface area (Å²) in [5.41, 5.74) is 0.766. The monoisotopic (exact) mass is 311 g/mol. The zero-order chi connectivity index (χ0) is 15.5. The van der Waals surface area contributed by atoms with E-state index in [2.05, 4.69) is 10.1 Å². The SMILES string of the molecule is COC(=O)CCCCCCCC(=O)Nc1ccc(Cl)cc1. The predicted molar refractivity (Wildman–Crippen MR) is 84.4 cm³/mol. The largest absolute Gasteiger partial charge is 0.469 e. The fourth-order valence-electron chi connectivity index (χ4n) is 1.94. The summed E-state index contributed by atoms with van der Waals surface area (Å²) in [6.07, 6.45) is 5.73. The van der Waals surface area contributed by atoms with Gasteiger partial charge in [-0.3, -0.25) is 9.59 Å². The van der Waals surface area contributed by atoms with Crippen molar-refractivity contribution in [3.8, 4) is 0 Å². The maximum absolute atomic E-state index is 11.7. The molecule has 1 aromatic rings. The number of hydrogen-bond donors (Lipinski definition) is 1. The van der Waals surface area contributed by atoms with Gasteiger partial charge in [0.2, 0.25) is 5.91 Å². The van der Waals surface area contributed by atoms with Crippen molar-refractivity contribution in [3.63, 3.8) is 0 Å². The molecule has 0 bridgehead atoms. The Balaban J connectivity index is 2.03. The summed E-state index contributed by atoms with van der Waals surface area (Å²) in [6.45, 7) is 0. The van der Waals surface area contributed by atoms with Crippen LogP contribution in [-0.2, 0) is 14.3 Å². The summed E-state index contributed by atoms with van der Waals surface area (Å²) in [7, 11) is 1.40. The normalized spacial score (nSPS) is 10.2. The Kier molecular flexibility index (Phi) is 8.51. The summed E-state index contributed by atoms with van der Waals surface area (Å²) < 4.78 is 4.57. The number of amides is 1. The molecule has 0 aliphatic heterocycles. The van der Waals surface area contributed by atoms with Gasteiger partial charge in [-0.1, -0.05) is 30.9 Å². The summed E-state index contributed by atoms with van der Waals surface area (Å²) >= 11 is 5.78. The van der Waals surface area contributed by atoms with Gasteiger partial charge in [0.25, 0.3) is 0 Å². The van der Waals surface area contributed by atoms with Crippen LogP contribution in [-0.4, -0.2) is 19.0 Å². The van der Waals surface area contributed by atoms with E-state index in [1.165, 1.54) is 7.11 Å². The number of anilines is 1. The van der Waals surface area contributed by atoms with E-state index in [1.54, 1.807) is 24.3 Å². The maximum Gasteiger partial charge on any atom is 0.305 e. The van der Waals surface area contributed by atoms with Gasteiger partial charge in [0, 0.05) is 23.6 Å². The number of carbonyl (C=O) groups is 2. The third-order valence-corrected chi connectivity index (χ3v) is 3.39. The van der Waals surface area contributed by atoms with E-state index in [1.807, 2.05) is 0 Å². The summed E-state index contributed by atoms with van der Waals surface area (Å²) in [5, 5.41) is 3.49. The van der Waals surface area contributed by atoms with Crippen LogP contribution in [0.4, 0.5) is 5.69 Å². The van der Waals surface area contributed by atoms with Gasteiger partial charge in [-0.05, 0) is 37.1 Å². The Bertz CT molecular complexity index is 445. The van der Waals surface area contributed by atoms with Crippen LogP contribution < -0.4 is 5.32 Å². The van der Waals surface area contributed by atoms with Crippen LogP contribution in [0.25, 0.3) is 0 Å². The van der Waals surface area contributed by atoms with Gasteiger partial charge in [-0.15, -0.1) is 0 Å². The van der Waals surface area contributed by atoms with Crippen LogP contribution in [0.15, 0.2) is 24.3 Å². The molecule has 1 aromatic carbocycles. The Morgan fingerprint density at radius 1 is 1.00 bits per heavy atom.